The van der Waals surface area contributed by atoms with Crippen molar-refractivity contribution in [2.45, 2.75) is 6.61 Å². The molecule has 1 aromatic carbocycles. The average Bonchev–Trinajstić information content (AvgIpc) is 2.15. The second-order valence-electron chi connectivity index (χ2n) is 2.33. The van der Waals surface area contributed by atoms with E-state index in [9.17, 15) is 0 Å². The molecule has 0 radical (unpaired) electrons. The molecule has 0 bridgehead atoms. The molecule has 4 heteroatoms. The van der Waals surface area contributed by atoms with E-state index in [1.54, 1.807) is 18.2 Å². The number of hydrogen-bond acceptors (Lipinski definition) is 3. The van der Waals surface area contributed by atoms with Gasteiger partial charge in [0.1, 0.15) is 11.8 Å². The van der Waals surface area contributed by atoms with E-state index in [0.29, 0.717) is 16.3 Å². The summed E-state index contributed by atoms with van der Waals surface area (Å²) >= 11 is 5.80. The summed E-state index contributed by atoms with van der Waals surface area (Å²) in [6.45, 7) is -0.224. The minimum absolute atomic E-state index is 0.0727. The number of benzene rings is 1. The Bertz CT molecular complexity index is 333. The zero-order valence-corrected chi connectivity index (χ0v) is 7.58. The Morgan fingerprint density at radius 1 is 1.54 bits per heavy atom. The number of nitriles is 1. The van der Waals surface area contributed by atoms with Gasteiger partial charge in [-0.2, -0.15) is 5.26 Å². The van der Waals surface area contributed by atoms with Crippen LogP contribution in [-0.2, 0) is 6.61 Å². The van der Waals surface area contributed by atoms with Gasteiger partial charge >= 0.3 is 0 Å². The van der Waals surface area contributed by atoms with Crippen LogP contribution in [0.3, 0.4) is 0 Å². The van der Waals surface area contributed by atoms with Gasteiger partial charge in [0.25, 0.3) is 0 Å². The highest BCUT2D eigenvalue weighted by Crippen LogP contribution is 2.28. The summed E-state index contributed by atoms with van der Waals surface area (Å²) in [6.07, 6.45) is 0. The van der Waals surface area contributed by atoms with Crippen LogP contribution in [0.4, 0.5) is 0 Å². The first-order valence-electron chi connectivity index (χ1n) is 3.67. The summed E-state index contributed by atoms with van der Waals surface area (Å²) in [7, 11) is 0. The van der Waals surface area contributed by atoms with E-state index < -0.39 is 0 Å². The largest absolute Gasteiger partial charge is 0.477 e. The van der Waals surface area contributed by atoms with Crippen LogP contribution in [0.25, 0.3) is 0 Å². The Labute approximate surface area is 81.1 Å². The van der Waals surface area contributed by atoms with Crippen molar-refractivity contribution in [3.8, 4) is 11.8 Å². The van der Waals surface area contributed by atoms with Crippen molar-refractivity contribution in [3.05, 3.63) is 28.8 Å². The van der Waals surface area contributed by atoms with Gasteiger partial charge < -0.3 is 9.84 Å². The molecule has 0 atom stereocenters. The first-order chi connectivity index (χ1) is 6.29. The fourth-order valence-electron chi connectivity index (χ4n) is 0.944. The smallest absolute Gasteiger partial charge is 0.174 e. The van der Waals surface area contributed by atoms with Crippen LogP contribution in [0.2, 0.25) is 5.02 Å². The minimum Gasteiger partial charge on any atom is -0.477 e. The zero-order chi connectivity index (χ0) is 9.68. The van der Waals surface area contributed by atoms with E-state index in [4.69, 9.17) is 26.7 Å². The molecule has 1 rings (SSSR count). The number of aliphatic hydroxyl groups is 1. The number of nitrogens with zero attached hydrogens (tertiary/aromatic N) is 1. The molecular weight excluding hydrogens is 190 g/mol. The van der Waals surface area contributed by atoms with Gasteiger partial charge in [0.05, 0.1) is 11.6 Å². The molecule has 1 aromatic rings. The lowest BCUT2D eigenvalue weighted by Gasteiger charge is -2.08. The van der Waals surface area contributed by atoms with Crippen LogP contribution in [-0.4, -0.2) is 11.7 Å². The number of hydrogen-bond donors (Lipinski definition) is 1. The van der Waals surface area contributed by atoms with E-state index in [1.807, 2.05) is 6.07 Å². The maximum absolute atomic E-state index is 8.92. The maximum atomic E-state index is 8.92. The van der Waals surface area contributed by atoms with Crippen molar-refractivity contribution in [1.82, 2.24) is 0 Å². The molecule has 0 heterocycles. The van der Waals surface area contributed by atoms with Crippen LogP contribution in [0, 0.1) is 11.3 Å². The highest BCUT2D eigenvalue weighted by molar-refractivity contribution is 6.32. The second-order valence-corrected chi connectivity index (χ2v) is 2.74. The van der Waals surface area contributed by atoms with E-state index in [0.717, 1.165) is 0 Å². The molecule has 1 N–H and O–H groups in total. The summed E-state index contributed by atoms with van der Waals surface area (Å²) in [6, 6.07) is 6.89. The normalized spacial score (nSPS) is 9.31. The van der Waals surface area contributed by atoms with Crippen molar-refractivity contribution in [2.24, 2.45) is 0 Å². The molecular formula is C9H8ClNO2. The third kappa shape index (κ3) is 2.35. The van der Waals surface area contributed by atoms with Crippen molar-refractivity contribution in [3.63, 3.8) is 0 Å². The standard InChI is InChI=1S/C9H8ClNO2/c10-8-3-1-2-7(6-12)9(8)13-5-4-11/h1-3,12H,5-6H2. The van der Waals surface area contributed by atoms with Crippen LogP contribution in [0.15, 0.2) is 18.2 Å². The molecule has 0 aliphatic rings. The van der Waals surface area contributed by atoms with Gasteiger partial charge in [0.15, 0.2) is 6.61 Å². The summed E-state index contributed by atoms with van der Waals surface area (Å²) < 4.78 is 5.05. The number of para-hydroxylation sites is 1. The molecule has 0 saturated heterocycles. The molecule has 0 aromatic heterocycles. The van der Waals surface area contributed by atoms with Crippen molar-refractivity contribution < 1.29 is 9.84 Å². The summed E-state index contributed by atoms with van der Waals surface area (Å²) in [5.74, 6) is 0.383. The number of rotatable bonds is 3. The van der Waals surface area contributed by atoms with Crippen molar-refractivity contribution in [2.75, 3.05) is 6.61 Å². The predicted molar refractivity (Wildman–Crippen MR) is 48.5 cm³/mol. The Kier molecular flexibility index (Phi) is 3.56. The minimum atomic E-state index is -0.151. The molecule has 0 unspecified atom stereocenters. The Morgan fingerprint density at radius 3 is 2.92 bits per heavy atom. The van der Waals surface area contributed by atoms with E-state index in [1.165, 1.54) is 0 Å². The van der Waals surface area contributed by atoms with Crippen LogP contribution < -0.4 is 4.74 Å². The number of aliphatic hydroxyl groups excluding tert-OH is 1. The molecule has 0 aliphatic carbocycles. The monoisotopic (exact) mass is 197 g/mol. The quantitative estimate of drug-likeness (QED) is 0.803. The lowest BCUT2D eigenvalue weighted by molar-refractivity contribution is 0.270. The summed E-state index contributed by atoms with van der Waals surface area (Å²) in [5, 5.41) is 17.6. The third-order valence-corrected chi connectivity index (χ3v) is 1.80. The van der Waals surface area contributed by atoms with E-state index in [-0.39, 0.29) is 13.2 Å². The lowest BCUT2D eigenvalue weighted by Crippen LogP contribution is -1.98. The fourth-order valence-corrected chi connectivity index (χ4v) is 1.19. The lowest BCUT2D eigenvalue weighted by atomic mass is 10.2. The van der Waals surface area contributed by atoms with Gasteiger partial charge in [0.2, 0.25) is 0 Å². The maximum Gasteiger partial charge on any atom is 0.174 e. The third-order valence-electron chi connectivity index (χ3n) is 1.50. The molecule has 0 amide bonds. The molecule has 0 aliphatic heterocycles. The SMILES string of the molecule is N#CCOc1c(Cl)cccc1CO. The van der Waals surface area contributed by atoms with E-state index >= 15 is 0 Å². The van der Waals surface area contributed by atoms with Crippen molar-refractivity contribution in [1.29, 1.82) is 5.26 Å². The number of ether oxygens (including phenoxy) is 1. The molecule has 3 nitrogen and oxygen atoms in total. The van der Waals surface area contributed by atoms with Gasteiger partial charge in [-0.1, -0.05) is 23.7 Å². The zero-order valence-electron chi connectivity index (χ0n) is 6.83. The topological polar surface area (TPSA) is 53.2 Å². The van der Waals surface area contributed by atoms with E-state index in [2.05, 4.69) is 0 Å². The van der Waals surface area contributed by atoms with Crippen LogP contribution in [0.5, 0.6) is 5.75 Å². The highest BCUT2D eigenvalue weighted by Gasteiger charge is 2.06. The summed E-state index contributed by atoms with van der Waals surface area (Å²) in [5.41, 5.74) is 0.586. The van der Waals surface area contributed by atoms with Gasteiger partial charge in [-0.25, -0.2) is 0 Å². The van der Waals surface area contributed by atoms with Gasteiger partial charge in [-0.15, -0.1) is 0 Å². The molecule has 0 fully saturated rings. The predicted octanol–water partition coefficient (Wildman–Crippen LogP) is 1.73. The van der Waals surface area contributed by atoms with Gasteiger partial charge in [-0.05, 0) is 6.07 Å². The Balaban J connectivity index is 2.95. The number of halogens is 1. The average molecular weight is 198 g/mol. The molecule has 0 saturated carbocycles. The van der Waals surface area contributed by atoms with Crippen molar-refractivity contribution >= 4 is 11.6 Å². The Morgan fingerprint density at radius 2 is 2.31 bits per heavy atom. The second kappa shape index (κ2) is 4.70. The Hall–Kier alpha value is -1.24. The summed E-state index contributed by atoms with van der Waals surface area (Å²) in [4.78, 5) is 0. The highest BCUT2D eigenvalue weighted by atomic mass is 35.5. The van der Waals surface area contributed by atoms with Crippen LogP contribution >= 0.6 is 11.6 Å². The first kappa shape index (κ1) is 9.85. The van der Waals surface area contributed by atoms with Crippen LogP contribution in [0.1, 0.15) is 5.56 Å². The first-order valence-corrected chi connectivity index (χ1v) is 4.05. The van der Waals surface area contributed by atoms with Gasteiger partial charge in [0, 0.05) is 5.56 Å². The van der Waals surface area contributed by atoms with Gasteiger partial charge in [-0.3, -0.25) is 0 Å². The fraction of sp³-hybridized carbons (Fsp3) is 0.222. The molecule has 0 spiro atoms. The molecule has 68 valence electrons. The molecule has 13 heavy (non-hydrogen) atoms.